The van der Waals surface area contributed by atoms with E-state index in [2.05, 4.69) is 16.0 Å². The lowest BCUT2D eigenvalue weighted by molar-refractivity contribution is 1.32. The topological polar surface area (TPSA) is 52.5 Å². The molecule has 0 saturated heterocycles. The summed E-state index contributed by atoms with van der Waals surface area (Å²) in [5.41, 5.74) is 3.82. The van der Waals surface area contributed by atoms with Gasteiger partial charge in [0, 0.05) is 29.5 Å². The van der Waals surface area contributed by atoms with Gasteiger partial charge < -0.3 is 4.98 Å². The Hall–Kier alpha value is -2.86. The maximum absolute atomic E-state index is 8.95. The number of H-pyrrole nitrogens is 1. The summed E-state index contributed by atoms with van der Waals surface area (Å²) in [6, 6.07) is 11.7. The molecule has 2 heterocycles. The van der Waals surface area contributed by atoms with Gasteiger partial charge in [-0.15, -0.1) is 0 Å². The molecule has 0 bridgehead atoms. The predicted octanol–water partition coefficient (Wildman–Crippen LogP) is 3.60. The third-order valence-corrected chi connectivity index (χ3v) is 2.98. The van der Waals surface area contributed by atoms with Crippen molar-refractivity contribution in [2.45, 2.75) is 0 Å². The minimum absolute atomic E-state index is 0.670. The van der Waals surface area contributed by atoms with Gasteiger partial charge in [-0.05, 0) is 35.4 Å². The lowest BCUT2D eigenvalue weighted by Crippen LogP contribution is -1.75. The Morgan fingerprint density at radius 2 is 2.16 bits per heavy atom. The van der Waals surface area contributed by atoms with E-state index in [1.807, 2.05) is 54.9 Å². The maximum atomic E-state index is 8.95. The highest BCUT2D eigenvalue weighted by atomic mass is 14.7. The summed E-state index contributed by atoms with van der Waals surface area (Å²) in [7, 11) is 0. The number of fused-ring (bicyclic) bond motifs is 1. The van der Waals surface area contributed by atoms with Crippen molar-refractivity contribution >= 4 is 23.1 Å². The zero-order valence-corrected chi connectivity index (χ0v) is 10.2. The predicted molar refractivity (Wildman–Crippen MR) is 76.2 cm³/mol. The zero-order chi connectivity index (χ0) is 13.1. The maximum Gasteiger partial charge on any atom is 0.0991 e. The summed E-state index contributed by atoms with van der Waals surface area (Å²) in [5.74, 6) is 0. The Morgan fingerprint density at radius 3 is 2.95 bits per heavy atom. The second kappa shape index (κ2) is 4.79. The number of nitrogens with zero attached hydrogens (tertiary/aromatic N) is 2. The molecule has 0 aliphatic heterocycles. The van der Waals surface area contributed by atoms with E-state index < -0.39 is 0 Å². The van der Waals surface area contributed by atoms with E-state index in [4.69, 9.17) is 5.26 Å². The van der Waals surface area contributed by atoms with Crippen molar-refractivity contribution in [3.8, 4) is 6.07 Å². The Kier molecular flexibility index (Phi) is 2.83. The van der Waals surface area contributed by atoms with E-state index in [9.17, 15) is 0 Å². The molecule has 3 rings (SSSR count). The quantitative estimate of drug-likeness (QED) is 0.749. The third kappa shape index (κ3) is 2.24. The molecule has 0 aliphatic carbocycles. The summed E-state index contributed by atoms with van der Waals surface area (Å²) in [4.78, 5) is 7.27. The van der Waals surface area contributed by atoms with Crippen LogP contribution in [0.5, 0.6) is 0 Å². The minimum atomic E-state index is 0.670. The van der Waals surface area contributed by atoms with Crippen LogP contribution in [0.2, 0.25) is 0 Å². The molecule has 19 heavy (non-hydrogen) atoms. The van der Waals surface area contributed by atoms with Crippen LogP contribution in [-0.4, -0.2) is 9.97 Å². The van der Waals surface area contributed by atoms with Gasteiger partial charge in [-0.2, -0.15) is 5.26 Å². The van der Waals surface area contributed by atoms with E-state index in [0.29, 0.717) is 5.56 Å². The summed E-state index contributed by atoms with van der Waals surface area (Å²) >= 11 is 0. The monoisotopic (exact) mass is 245 g/mol. The van der Waals surface area contributed by atoms with E-state index in [1.165, 1.54) is 0 Å². The number of nitrogens with one attached hydrogen (secondary N) is 1. The lowest BCUT2D eigenvalue weighted by atomic mass is 10.1. The molecule has 0 atom stereocenters. The molecule has 0 aliphatic rings. The van der Waals surface area contributed by atoms with Crippen LogP contribution in [0.1, 0.15) is 16.7 Å². The van der Waals surface area contributed by atoms with Crippen molar-refractivity contribution in [3.63, 3.8) is 0 Å². The Bertz CT molecular complexity index is 777. The molecule has 0 unspecified atom stereocenters. The van der Waals surface area contributed by atoms with Gasteiger partial charge in [0.2, 0.25) is 0 Å². The van der Waals surface area contributed by atoms with E-state index in [-0.39, 0.29) is 0 Å². The molecule has 0 amide bonds. The van der Waals surface area contributed by atoms with Crippen LogP contribution in [0.3, 0.4) is 0 Å². The molecular formula is C16H11N3. The fourth-order valence-electron chi connectivity index (χ4n) is 2.01. The van der Waals surface area contributed by atoms with Gasteiger partial charge >= 0.3 is 0 Å². The first-order valence-electron chi connectivity index (χ1n) is 5.96. The van der Waals surface area contributed by atoms with E-state index in [1.54, 1.807) is 6.20 Å². The Balaban J connectivity index is 2.02. The van der Waals surface area contributed by atoms with Gasteiger partial charge in [0.05, 0.1) is 11.6 Å². The highest BCUT2D eigenvalue weighted by Gasteiger charge is 2.01. The van der Waals surface area contributed by atoms with Crippen LogP contribution in [-0.2, 0) is 0 Å². The van der Waals surface area contributed by atoms with Crippen molar-refractivity contribution in [1.29, 1.82) is 5.26 Å². The van der Waals surface area contributed by atoms with Crippen molar-refractivity contribution in [2.75, 3.05) is 0 Å². The number of nitriles is 1. The standard InChI is InChI=1S/C16H11N3/c17-9-13-4-6-16-15(8-13)14(11-19-16)5-3-12-2-1-7-18-10-12/h1-8,10-11,19H/b5-3+. The average molecular weight is 245 g/mol. The number of rotatable bonds is 2. The third-order valence-electron chi connectivity index (χ3n) is 2.98. The molecule has 3 nitrogen and oxygen atoms in total. The molecule has 1 aromatic carbocycles. The molecule has 90 valence electrons. The van der Waals surface area contributed by atoms with Crippen LogP contribution in [0, 0.1) is 11.3 Å². The molecule has 3 heteroatoms. The summed E-state index contributed by atoms with van der Waals surface area (Å²) < 4.78 is 0. The smallest absolute Gasteiger partial charge is 0.0991 e. The Labute approximate surface area is 110 Å². The van der Waals surface area contributed by atoms with Crippen LogP contribution < -0.4 is 0 Å². The minimum Gasteiger partial charge on any atom is -0.361 e. The van der Waals surface area contributed by atoms with Crippen LogP contribution in [0.15, 0.2) is 48.9 Å². The first kappa shape index (κ1) is 11.2. The SMILES string of the molecule is N#Cc1ccc2[nH]cc(/C=C/c3cccnc3)c2c1. The second-order valence-corrected chi connectivity index (χ2v) is 4.24. The molecular weight excluding hydrogens is 234 g/mol. The fourth-order valence-corrected chi connectivity index (χ4v) is 2.01. The number of pyridine rings is 1. The fraction of sp³-hybridized carbons (Fsp3) is 0. The summed E-state index contributed by atoms with van der Waals surface area (Å²) in [5, 5.41) is 10.0. The summed E-state index contributed by atoms with van der Waals surface area (Å²) in [6.45, 7) is 0. The number of aromatic amines is 1. The molecule has 0 radical (unpaired) electrons. The lowest BCUT2D eigenvalue weighted by Gasteiger charge is -1.94. The molecule has 1 N–H and O–H groups in total. The van der Waals surface area contributed by atoms with Gasteiger partial charge in [-0.25, -0.2) is 0 Å². The number of hydrogen-bond donors (Lipinski definition) is 1. The molecule has 3 aromatic rings. The summed E-state index contributed by atoms with van der Waals surface area (Å²) in [6.07, 6.45) is 9.54. The molecule has 0 fully saturated rings. The van der Waals surface area contributed by atoms with Crippen LogP contribution >= 0.6 is 0 Å². The van der Waals surface area contributed by atoms with E-state index >= 15 is 0 Å². The average Bonchev–Trinajstić information content (AvgIpc) is 2.88. The van der Waals surface area contributed by atoms with Crippen LogP contribution in [0.25, 0.3) is 23.1 Å². The van der Waals surface area contributed by atoms with Crippen molar-refractivity contribution in [2.24, 2.45) is 0 Å². The Morgan fingerprint density at radius 1 is 1.21 bits per heavy atom. The number of aromatic nitrogens is 2. The van der Waals surface area contributed by atoms with Crippen molar-refractivity contribution < 1.29 is 0 Å². The number of hydrogen-bond acceptors (Lipinski definition) is 2. The molecule has 2 aromatic heterocycles. The molecule has 0 saturated carbocycles. The normalized spacial score (nSPS) is 10.9. The van der Waals surface area contributed by atoms with E-state index in [0.717, 1.165) is 22.0 Å². The first-order valence-corrected chi connectivity index (χ1v) is 5.96. The first-order chi connectivity index (χ1) is 9.36. The van der Waals surface area contributed by atoms with Gasteiger partial charge in [0.15, 0.2) is 0 Å². The van der Waals surface area contributed by atoms with Crippen LogP contribution in [0.4, 0.5) is 0 Å². The number of benzene rings is 1. The largest absolute Gasteiger partial charge is 0.361 e. The highest BCUT2D eigenvalue weighted by Crippen LogP contribution is 2.21. The molecule has 0 spiro atoms. The second-order valence-electron chi connectivity index (χ2n) is 4.24. The van der Waals surface area contributed by atoms with Gasteiger partial charge in [0.1, 0.15) is 0 Å². The van der Waals surface area contributed by atoms with Gasteiger partial charge in [0.25, 0.3) is 0 Å². The van der Waals surface area contributed by atoms with Gasteiger partial charge in [-0.1, -0.05) is 18.2 Å². The zero-order valence-electron chi connectivity index (χ0n) is 10.2. The van der Waals surface area contributed by atoms with Crippen molar-refractivity contribution in [1.82, 2.24) is 9.97 Å². The van der Waals surface area contributed by atoms with Crippen molar-refractivity contribution in [3.05, 3.63) is 65.6 Å². The highest BCUT2D eigenvalue weighted by molar-refractivity contribution is 5.92. The van der Waals surface area contributed by atoms with Gasteiger partial charge in [-0.3, -0.25) is 4.98 Å².